The third-order valence-electron chi connectivity index (χ3n) is 2.24. The highest BCUT2D eigenvalue weighted by molar-refractivity contribution is 14.1. The van der Waals surface area contributed by atoms with Gasteiger partial charge in [0.15, 0.2) is 0 Å². The van der Waals surface area contributed by atoms with Gasteiger partial charge in [-0.25, -0.2) is 0 Å². The molecule has 0 heterocycles. The Morgan fingerprint density at radius 2 is 1.88 bits per heavy atom. The summed E-state index contributed by atoms with van der Waals surface area (Å²) in [5, 5.41) is 12.2. The lowest BCUT2D eigenvalue weighted by atomic mass is 10.2. The second kappa shape index (κ2) is 5.18. The minimum absolute atomic E-state index is 0.0616. The first-order chi connectivity index (χ1) is 8.16. The van der Waals surface area contributed by atoms with Crippen molar-refractivity contribution in [1.29, 1.82) is 0 Å². The second-order valence-corrected chi connectivity index (χ2v) is 4.73. The van der Waals surface area contributed by atoms with E-state index in [-0.39, 0.29) is 11.7 Å². The van der Waals surface area contributed by atoms with Crippen molar-refractivity contribution in [2.24, 2.45) is 0 Å². The average Bonchev–Trinajstić information content (AvgIpc) is 2.32. The van der Waals surface area contributed by atoms with Crippen LogP contribution in [0.4, 0.5) is 5.69 Å². The molecule has 86 valence electrons. The molecule has 0 spiro atoms. The summed E-state index contributed by atoms with van der Waals surface area (Å²) in [7, 11) is 0. The SMILES string of the molecule is O=C(Nc1ccccc1O)c1cccc(I)c1. The molecular formula is C13H10INO2. The fourth-order valence-electron chi connectivity index (χ4n) is 1.40. The van der Waals surface area contributed by atoms with E-state index in [1.165, 1.54) is 6.07 Å². The van der Waals surface area contributed by atoms with Crippen LogP contribution in [0.3, 0.4) is 0 Å². The van der Waals surface area contributed by atoms with Crippen molar-refractivity contribution in [3.63, 3.8) is 0 Å². The maximum atomic E-state index is 11.9. The Morgan fingerprint density at radius 3 is 2.59 bits per heavy atom. The van der Waals surface area contributed by atoms with E-state index in [0.717, 1.165) is 3.57 Å². The highest BCUT2D eigenvalue weighted by atomic mass is 127. The van der Waals surface area contributed by atoms with E-state index in [9.17, 15) is 9.90 Å². The third kappa shape index (κ3) is 2.97. The highest BCUT2D eigenvalue weighted by Gasteiger charge is 2.08. The topological polar surface area (TPSA) is 49.3 Å². The predicted octanol–water partition coefficient (Wildman–Crippen LogP) is 3.25. The van der Waals surface area contributed by atoms with Gasteiger partial charge >= 0.3 is 0 Å². The molecule has 2 rings (SSSR count). The summed E-state index contributed by atoms with van der Waals surface area (Å²) < 4.78 is 0.993. The van der Waals surface area contributed by atoms with Crippen molar-refractivity contribution in [3.05, 3.63) is 57.7 Å². The van der Waals surface area contributed by atoms with Crippen molar-refractivity contribution in [2.75, 3.05) is 5.32 Å². The minimum atomic E-state index is -0.231. The first-order valence-electron chi connectivity index (χ1n) is 5.02. The summed E-state index contributed by atoms with van der Waals surface area (Å²) in [6.07, 6.45) is 0. The van der Waals surface area contributed by atoms with E-state index in [2.05, 4.69) is 27.9 Å². The van der Waals surface area contributed by atoms with Crippen LogP contribution < -0.4 is 5.32 Å². The zero-order valence-corrected chi connectivity index (χ0v) is 11.0. The molecule has 0 aliphatic carbocycles. The number of nitrogens with one attached hydrogen (secondary N) is 1. The van der Waals surface area contributed by atoms with Crippen molar-refractivity contribution in [1.82, 2.24) is 0 Å². The van der Waals surface area contributed by atoms with Crippen molar-refractivity contribution < 1.29 is 9.90 Å². The first kappa shape index (κ1) is 11.9. The fraction of sp³-hybridized carbons (Fsp3) is 0. The van der Waals surface area contributed by atoms with Gasteiger partial charge in [0.25, 0.3) is 5.91 Å². The van der Waals surface area contributed by atoms with Crippen LogP contribution in [0.2, 0.25) is 0 Å². The van der Waals surface area contributed by atoms with Crippen LogP contribution in [0, 0.1) is 3.57 Å². The molecule has 0 aliphatic heterocycles. The number of hydrogen-bond acceptors (Lipinski definition) is 2. The van der Waals surface area contributed by atoms with E-state index < -0.39 is 0 Å². The fourth-order valence-corrected chi connectivity index (χ4v) is 1.95. The van der Waals surface area contributed by atoms with E-state index in [1.807, 2.05) is 12.1 Å². The molecule has 0 atom stereocenters. The van der Waals surface area contributed by atoms with E-state index in [0.29, 0.717) is 11.3 Å². The van der Waals surface area contributed by atoms with Gasteiger partial charge in [-0.2, -0.15) is 0 Å². The highest BCUT2D eigenvalue weighted by Crippen LogP contribution is 2.22. The molecular weight excluding hydrogens is 329 g/mol. The number of para-hydroxylation sites is 2. The van der Waals surface area contributed by atoms with Gasteiger partial charge in [-0.1, -0.05) is 18.2 Å². The van der Waals surface area contributed by atoms with Gasteiger partial charge in [0.05, 0.1) is 5.69 Å². The molecule has 2 N–H and O–H groups in total. The molecule has 2 aromatic carbocycles. The number of carbonyl (C=O) groups is 1. The number of hydrogen-bond donors (Lipinski definition) is 2. The van der Waals surface area contributed by atoms with E-state index >= 15 is 0 Å². The maximum Gasteiger partial charge on any atom is 0.255 e. The van der Waals surface area contributed by atoms with Crippen molar-refractivity contribution in [3.8, 4) is 5.75 Å². The molecule has 0 radical (unpaired) electrons. The van der Waals surface area contributed by atoms with Crippen LogP contribution in [-0.2, 0) is 0 Å². The van der Waals surface area contributed by atoms with Crippen LogP contribution in [0.25, 0.3) is 0 Å². The Kier molecular flexibility index (Phi) is 3.63. The third-order valence-corrected chi connectivity index (χ3v) is 2.91. The number of phenols is 1. The largest absolute Gasteiger partial charge is 0.506 e. The van der Waals surface area contributed by atoms with Crippen LogP contribution in [0.5, 0.6) is 5.75 Å². The number of rotatable bonds is 2. The average molecular weight is 339 g/mol. The van der Waals surface area contributed by atoms with Crippen LogP contribution >= 0.6 is 22.6 Å². The normalized spacial score (nSPS) is 9.94. The summed E-state index contributed by atoms with van der Waals surface area (Å²) in [5.41, 5.74) is 0.983. The smallest absolute Gasteiger partial charge is 0.255 e. The molecule has 0 bridgehead atoms. The van der Waals surface area contributed by atoms with E-state index in [1.54, 1.807) is 30.3 Å². The Balaban J connectivity index is 2.20. The quantitative estimate of drug-likeness (QED) is 0.652. The van der Waals surface area contributed by atoms with Gasteiger partial charge in [-0.05, 0) is 52.9 Å². The molecule has 17 heavy (non-hydrogen) atoms. The molecule has 3 nitrogen and oxygen atoms in total. The summed E-state index contributed by atoms with van der Waals surface area (Å²) in [4.78, 5) is 11.9. The Hall–Kier alpha value is -1.56. The van der Waals surface area contributed by atoms with Gasteiger partial charge in [0, 0.05) is 9.13 Å². The maximum absolute atomic E-state index is 11.9. The number of anilines is 1. The number of benzene rings is 2. The molecule has 0 fully saturated rings. The van der Waals surface area contributed by atoms with Gasteiger partial charge in [0.2, 0.25) is 0 Å². The molecule has 0 aromatic heterocycles. The van der Waals surface area contributed by atoms with Gasteiger partial charge < -0.3 is 10.4 Å². The summed E-state index contributed by atoms with van der Waals surface area (Å²) in [6, 6.07) is 13.9. The zero-order valence-electron chi connectivity index (χ0n) is 8.85. The van der Waals surface area contributed by atoms with Gasteiger partial charge in [-0.3, -0.25) is 4.79 Å². The second-order valence-electron chi connectivity index (χ2n) is 3.48. The predicted molar refractivity (Wildman–Crippen MR) is 75.2 cm³/mol. The van der Waals surface area contributed by atoms with Crippen LogP contribution in [-0.4, -0.2) is 11.0 Å². The van der Waals surface area contributed by atoms with Gasteiger partial charge in [0.1, 0.15) is 5.75 Å². The molecule has 0 aliphatic rings. The van der Waals surface area contributed by atoms with Crippen LogP contribution in [0.1, 0.15) is 10.4 Å². The zero-order chi connectivity index (χ0) is 12.3. The molecule has 4 heteroatoms. The lowest BCUT2D eigenvalue weighted by Gasteiger charge is -2.07. The van der Waals surface area contributed by atoms with Gasteiger partial charge in [-0.15, -0.1) is 0 Å². The lowest BCUT2D eigenvalue weighted by Crippen LogP contribution is -2.11. The Labute approximate surface area is 113 Å². The lowest BCUT2D eigenvalue weighted by molar-refractivity contribution is 0.102. The Morgan fingerprint density at radius 1 is 1.12 bits per heavy atom. The number of amides is 1. The molecule has 2 aromatic rings. The molecule has 1 amide bonds. The molecule has 0 saturated heterocycles. The summed E-state index contributed by atoms with van der Waals surface area (Å²) in [5.74, 6) is -0.170. The molecule has 0 unspecified atom stereocenters. The summed E-state index contributed by atoms with van der Waals surface area (Å²) in [6.45, 7) is 0. The number of carbonyl (C=O) groups excluding carboxylic acids is 1. The van der Waals surface area contributed by atoms with Crippen molar-refractivity contribution in [2.45, 2.75) is 0 Å². The monoisotopic (exact) mass is 339 g/mol. The molecule has 0 saturated carbocycles. The first-order valence-corrected chi connectivity index (χ1v) is 6.09. The minimum Gasteiger partial charge on any atom is -0.506 e. The number of aromatic hydroxyl groups is 1. The number of phenolic OH excluding ortho intramolecular Hbond substituents is 1. The number of halogens is 1. The summed E-state index contributed by atoms with van der Waals surface area (Å²) >= 11 is 2.15. The Bertz CT molecular complexity index is 555. The van der Waals surface area contributed by atoms with Crippen LogP contribution in [0.15, 0.2) is 48.5 Å². The van der Waals surface area contributed by atoms with Crippen molar-refractivity contribution >= 4 is 34.2 Å². The standard InChI is InChI=1S/C13H10INO2/c14-10-5-3-4-9(8-10)13(17)15-11-6-1-2-7-12(11)16/h1-8,16H,(H,15,17). The van der Waals surface area contributed by atoms with E-state index in [4.69, 9.17) is 0 Å².